The number of hydrogen-bond acceptors (Lipinski definition) is 9. The number of halogens is 2. The third kappa shape index (κ3) is 8.85. The zero-order valence-electron chi connectivity index (χ0n) is 36.7. The topological polar surface area (TPSA) is 184 Å². The van der Waals surface area contributed by atoms with E-state index < -0.39 is 43.4 Å². The highest BCUT2D eigenvalue weighted by atomic mass is 19.3. The van der Waals surface area contributed by atoms with Crippen molar-refractivity contribution in [2.45, 2.75) is 89.6 Å². The van der Waals surface area contributed by atoms with Gasteiger partial charge in [-0.2, -0.15) is 13.4 Å². The highest BCUT2D eigenvalue weighted by Crippen LogP contribution is 2.58. The second-order valence-electron chi connectivity index (χ2n) is 18.1. The summed E-state index contributed by atoms with van der Waals surface area (Å²) < 4.78 is 41.3. The highest BCUT2D eigenvalue weighted by Gasteiger charge is 2.56. The number of H-pyrrole nitrogens is 2. The Hall–Kier alpha value is -6.49. The zero-order valence-corrected chi connectivity index (χ0v) is 36.7. The molecule has 4 heterocycles. The number of nitrogens with one attached hydrogen (secondary N) is 4. The van der Waals surface area contributed by atoms with Crippen LogP contribution in [0.25, 0.3) is 44.4 Å². The molecule has 1 saturated heterocycles. The summed E-state index contributed by atoms with van der Waals surface area (Å²) in [6.07, 6.45) is 7.29. The first-order valence-corrected chi connectivity index (χ1v) is 22.2. The lowest BCUT2D eigenvalue weighted by molar-refractivity contribution is -0.502. The molecule has 4 N–H and O–H groups in total. The van der Waals surface area contributed by atoms with Crippen LogP contribution in [0.3, 0.4) is 0 Å². The van der Waals surface area contributed by atoms with Gasteiger partial charge < -0.3 is 39.7 Å². The van der Waals surface area contributed by atoms with E-state index in [4.69, 9.17) is 19.4 Å². The van der Waals surface area contributed by atoms with Crippen molar-refractivity contribution in [1.82, 2.24) is 35.5 Å². The average Bonchev–Trinajstić information content (AvgIpc) is 3.94. The number of carbonyl (C=O) groups excluding carboxylic acids is 4. The van der Waals surface area contributed by atoms with Crippen LogP contribution in [0.15, 0.2) is 73.1 Å². The number of fused-ring (bicyclic) bond motifs is 3. The number of rotatable bonds is 14. The number of methoxy groups -OCH3 is 2. The van der Waals surface area contributed by atoms with Crippen molar-refractivity contribution in [2.75, 3.05) is 27.4 Å². The highest BCUT2D eigenvalue weighted by molar-refractivity contribution is 5.92. The minimum absolute atomic E-state index is 0.0311. The SMILES string of the molecule is COC(=O)NC(CCOC(F)F)C(=O)N1CC2(CC2)CC1c1ncc(-c2ccc3cc(-c4ccc(-c5cnc(C6C7CCC(=[N+]6C(=O)C(NC(=O)OC)C(C)C)C7)[nH]5)cc4)ccc3c2)[nH]1. The minimum Gasteiger partial charge on any atom is -0.453 e. The molecule has 5 aromatic rings. The normalized spacial score (nSPS) is 20.5. The molecule has 3 aromatic carbocycles. The van der Waals surface area contributed by atoms with Crippen molar-refractivity contribution in [2.24, 2.45) is 17.3 Å². The van der Waals surface area contributed by atoms with Crippen LogP contribution in [-0.2, 0) is 23.8 Å². The zero-order chi connectivity index (χ0) is 45.6. The molecular weight excluding hydrogens is 839 g/mol. The maximum Gasteiger partial charge on any atom is 0.410 e. The Morgan fingerprint density at radius 1 is 0.846 bits per heavy atom. The number of aromatic nitrogens is 4. The molecule has 2 aromatic heterocycles. The molecule has 15 nitrogen and oxygen atoms in total. The fourth-order valence-corrected chi connectivity index (χ4v) is 9.97. The van der Waals surface area contributed by atoms with Crippen LogP contribution in [0.5, 0.6) is 0 Å². The van der Waals surface area contributed by atoms with Crippen LogP contribution < -0.4 is 10.6 Å². The van der Waals surface area contributed by atoms with E-state index in [1.807, 2.05) is 30.7 Å². The Morgan fingerprint density at radius 3 is 2.14 bits per heavy atom. The molecule has 5 unspecified atom stereocenters. The molecule has 2 saturated carbocycles. The number of carbonyl (C=O) groups is 4. The quantitative estimate of drug-likeness (QED) is 0.0805. The summed E-state index contributed by atoms with van der Waals surface area (Å²) in [5, 5.41) is 7.33. The molecule has 17 heteroatoms. The van der Waals surface area contributed by atoms with Gasteiger partial charge >= 0.3 is 24.7 Å². The summed E-state index contributed by atoms with van der Waals surface area (Å²) in [5.41, 5.74) is 6.69. The van der Waals surface area contributed by atoms with Crippen LogP contribution in [0.2, 0.25) is 0 Å². The number of amides is 4. The van der Waals surface area contributed by atoms with E-state index in [0.29, 0.717) is 18.8 Å². The second kappa shape index (κ2) is 17.8. The van der Waals surface area contributed by atoms with Crippen molar-refractivity contribution in [3.8, 4) is 33.6 Å². The second-order valence-corrected chi connectivity index (χ2v) is 18.1. The maximum absolute atomic E-state index is 14.0. The van der Waals surface area contributed by atoms with E-state index in [0.717, 1.165) is 88.1 Å². The third-order valence-corrected chi connectivity index (χ3v) is 13.6. The van der Waals surface area contributed by atoms with Crippen molar-refractivity contribution >= 4 is 40.5 Å². The summed E-state index contributed by atoms with van der Waals surface area (Å²) in [7, 11) is 2.47. The Kier molecular flexibility index (Phi) is 12.0. The van der Waals surface area contributed by atoms with Gasteiger partial charge in [0.25, 0.3) is 0 Å². The van der Waals surface area contributed by atoms with E-state index in [9.17, 15) is 28.0 Å². The van der Waals surface area contributed by atoms with Gasteiger partial charge in [-0.3, -0.25) is 4.79 Å². The van der Waals surface area contributed by atoms with Crippen molar-refractivity contribution in [3.63, 3.8) is 0 Å². The van der Waals surface area contributed by atoms with Gasteiger partial charge in [0.05, 0.1) is 50.6 Å². The molecule has 5 atom stereocenters. The molecule has 65 heavy (non-hydrogen) atoms. The molecule has 4 aliphatic rings. The summed E-state index contributed by atoms with van der Waals surface area (Å²) in [4.78, 5) is 70.3. The fraction of sp³-hybridized carbons (Fsp3) is 0.438. The lowest BCUT2D eigenvalue weighted by Crippen LogP contribution is -2.50. The first-order chi connectivity index (χ1) is 31.3. The maximum atomic E-state index is 14.0. The summed E-state index contributed by atoms with van der Waals surface area (Å²) in [5.74, 6) is 0.937. The number of hydrogen-bond donors (Lipinski definition) is 4. The minimum atomic E-state index is -2.99. The Balaban J connectivity index is 0.887. The molecule has 1 spiro atoms. The predicted molar refractivity (Wildman–Crippen MR) is 236 cm³/mol. The monoisotopic (exact) mass is 891 g/mol. The number of benzene rings is 3. The molecule has 2 bridgehead atoms. The number of alkyl halides is 2. The summed E-state index contributed by atoms with van der Waals surface area (Å²) >= 11 is 0. The van der Waals surface area contributed by atoms with Crippen LogP contribution in [0.1, 0.15) is 82.5 Å². The molecular formula is C48H53F2N8O7+. The average molecular weight is 892 g/mol. The van der Waals surface area contributed by atoms with Crippen molar-refractivity contribution < 1.29 is 46.7 Å². The molecule has 4 amide bonds. The lowest BCUT2D eigenvalue weighted by atomic mass is 9.96. The largest absolute Gasteiger partial charge is 0.453 e. The summed E-state index contributed by atoms with van der Waals surface area (Å²) in [6, 6.07) is 18.4. The van der Waals surface area contributed by atoms with Gasteiger partial charge in [0.2, 0.25) is 11.9 Å². The Morgan fingerprint density at radius 2 is 1.46 bits per heavy atom. The van der Waals surface area contributed by atoms with Crippen molar-refractivity contribution in [3.05, 3.63) is 84.7 Å². The van der Waals surface area contributed by atoms with E-state index in [-0.39, 0.29) is 41.7 Å². The number of nitrogens with zero attached hydrogens (tertiary/aromatic N) is 4. The van der Waals surface area contributed by atoms with Gasteiger partial charge in [0.15, 0.2) is 17.6 Å². The Labute approximate surface area is 374 Å². The standard InChI is InChI=1S/C48H52F2N8O7/c1-26(2)39(56-47(62)64-4)44(60)58-34-14-13-33(21-34)40(58)42-52-23-36(54-42)28-7-5-27(6-8-28)29-9-10-31-20-32(12-11-30(31)19-29)37-24-51-41(53-37)38-22-48(16-17-48)25-57(38)43(59)35(55-46(61)63-3)15-18-65-45(49)50/h5-12,19-20,23-24,26,33,35,38-40,45H,13-18,21-22,25H2,1-4H3,(H3-,51,52,53,54,55,56,61,62)/p+1. The number of imidazole rings is 2. The number of likely N-dealkylation sites (tertiary alicyclic amines) is 1. The lowest BCUT2D eigenvalue weighted by Gasteiger charge is -2.28. The van der Waals surface area contributed by atoms with Crippen LogP contribution in [-0.4, -0.2) is 105 Å². The summed E-state index contributed by atoms with van der Waals surface area (Å²) in [6.45, 7) is 0.892. The first-order valence-electron chi connectivity index (χ1n) is 22.2. The van der Waals surface area contributed by atoms with E-state index in [1.165, 1.54) is 14.2 Å². The molecule has 9 rings (SSSR count). The van der Waals surface area contributed by atoms with Gasteiger partial charge in [0.1, 0.15) is 11.9 Å². The van der Waals surface area contributed by atoms with Gasteiger partial charge in [-0.15, -0.1) is 0 Å². The molecule has 2 aliphatic heterocycles. The van der Waals surface area contributed by atoms with Crippen molar-refractivity contribution in [1.29, 1.82) is 0 Å². The van der Waals surface area contributed by atoms with E-state index >= 15 is 0 Å². The fourth-order valence-electron chi connectivity index (χ4n) is 9.97. The van der Waals surface area contributed by atoms with Gasteiger partial charge in [-0.05, 0) is 76.6 Å². The number of aromatic amines is 2. The van der Waals surface area contributed by atoms with Gasteiger partial charge in [0, 0.05) is 37.3 Å². The molecule has 340 valence electrons. The predicted octanol–water partition coefficient (Wildman–Crippen LogP) is 7.91. The molecule has 0 radical (unpaired) electrons. The molecule has 3 fully saturated rings. The van der Waals surface area contributed by atoms with Gasteiger partial charge in [-0.1, -0.05) is 62.4 Å². The smallest absolute Gasteiger partial charge is 0.410 e. The van der Waals surface area contributed by atoms with E-state index in [2.05, 4.69) is 79.9 Å². The van der Waals surface area contributed by atoms with Crippen LogP contribution >= 0.6 is 0 Å². The third-order valence-electron chi connectivity index (χ3n) is 13.6. The van der Waals surface area contributed by atoms with Gasteiger partial charge in [-0.25, -0.2) is 24.4 Å². The first kappa shape index (κ1) is 43.7. The number of alkyl carbamates (subject to hydrolysis) is 2. The Bertz CT molecular complexity index is 2660. The van der Waals surface area contributed by atoms with Crippen LogP contribution in [0.4, 0.5) is 18.4 Å². The number of ether oxygens (including phenoxy) is 3. The molecule has 2 aliphatic carbocycles. The van der Waals surface area contributed by atoms with Crippen LogP contribution in [0, 0.1) is 17.3 Å². The van der Waals surface area contributed by atoms with E-state index in [1.54, 1.807) is 11.1 Å².